The van der Waals surface area contributed by atoms with Crippen molar-refractivity contribution >= 4 is 9.84 Å². The summed E-state index contributed by atoms with van der Waals surface area (Å²) < 4.78 is 23.2. The molecule has 0 heterocycles. The van der Waals surface area contributed by atoms with Crippen molar-refractivity contribution < 1.29 is 8.42 Å². The van der Waals surface area contributed by atoms with Crippen molar-refractivity contribution in [1.82, 2.24) is 5.32 Å². The molecule has 3 nitrogen and oxygen atoms in total. The standard InChI is InChI=1S/C13H21NO2S/c1-4-14-11(3)10-12-6-8-13(9-7-12)17(15,16)5-2/h6-9,11,14H,4-5,10H2,1-3H3. The number of hydrogen-bond donors (Lipinski definition) is 1. The van der Waals surface area contributed by atoms with Crippen molar-refractivity contribution in [2.24, 2.45) is 0 Å². The number of nitrogens with one attached hydrogen (secondary N) is 1. The minimum Gasteiger partial charge on any atom is -0.314 e. The molecule has 0 fully saturated rings. The number of likely N-dealkylation sites (N-methyl/N-ethyl adjacent to an activating group) is 1. The highest BCUT2D eigenvalue weighted by Gasteiger charge is 2.11. The lowest BCUT2D eigenvalue weighted by Crippen LogP contribution is -2.27. The lowest BCUT2D eigenvalue weighted by molar-refractivity contribution is 0.565. The van der Waals surface area contributed by atoms with Gasteiger partial charge in [0.2, 0.25) is 0 Å². The molecule has 0 bridgehead atoms. The fraction of sp³-hybridized carbons (Fsp3) is 0.538. The monoisotopic (exact) mass is 255 g/mol. The van der Waals surface area contributed by atoms with Crippen molar-refractivity contribution in [3.63, 3.8) is 0 Å². The Labute approximate surface area is 104 Å². The van der Waals surface area contributed by atoms with Gasteiger partial charge in [-0.2, -0.15) is 0 Å². The average molecular weight is 255 g/mol. The Bertz CT molecular complexity index is 437. The van der Waals surface area contributed by atoms with Crippen LogP contribution in [0.15, 0.2) is 29.2 Å². The van der Waals surface area contributed by atoms with Crippen molar-refractivity contribution in [1.29, 1.82) is 0 Å². The highest BCUT2D eigenvalue weighted by atomic mass is 32.2. The second-order valence-electron chi connectivity index (χ2n) is 4.21. The van der Waals surface area contributed by atoms with Crippen LogP contribution in [-0.2, 0) is 16.3 Å². The summed E-state index contributed by atoms with van der Waals surface area (Å²) >= 11 is 0. The number of benzene rings is 1. The summed E-state index contributed by atoms with van der Waals surface area (Å²) in [5.74, 6) is 0.153. The third-order valence-corrected chi connectivity index (χ3v) is 4.51. The molecule has 1 rings (SSSR count). The van der Waals surface area contributed by atoms with Gasteiger partial charge in [0.25, 0.3) is 0 Å². The van der Waals surface area contributed by atoms with Crippen LogP contribution in [-0.4, -0.2) is 26.8 Å². The maximum absolute atomic E-state index is 11.6. The van der Waals surface area contributed by atoms with Crippen LogP contribution in [0, 0.1) is 0 Å². The van der Waals surface area contributed by atoms with Gasteiger partial charge in [-0.15, -0.1) is 0 Å². The predicted molar refractivity (Wildman–Crippen MR) is 71.0 cm³/mol. The second-order valence-corrected chi connectivity index (χ2v) is 6.49. The van der Waals surface area contributed by atoms with E-state index in [2.05, 4.69) is 19.2 Å². The van der Waals surface area contributed by atoms with E-state index in [0.717, 1.165) is 18.5 Å². The van der Waals surface area contributed by atoms with Gasteiger partial charge < -0.3 is 5.32 Å². The van der Waals surface area contributed by atoms with Crippen LogP contribution in [0.3, 0.4) is 0 Å². The zero-order valence-corrected chi connectivity index (χ0v) is 11.5. The summed E-state index contributed by atoms with van der Waals surface area (Å²) in [7, 11) is -3.07. The van der Waals surface area contributed by atoms with E-state index in [1.807, 2.05) is 12.1 Å². The van der Waals surface area contributed by atoms with Gasteiger partial charge in [0.1, 0.15) is 0 Å². The highest BCUT2D eigenvalue weighted by molar-refractivity contribution is 7.91. The molecule has 0 aromatic heterocycles. The molecule has 0 saturated carbocycles. The Morgan fingerprint density at radius 1 is 1.18 bits per heavy atom. The molecular formula is C13H21NO2S. The van der Waals surface area contributed by atoms with E-state index in [1.54, 1.807) is 19.1 Å². The van der Waals surface area contributed by atoms with E-state index in [1.165, 1.54) is 0 Å². The van der Waals surface area contributed by atoms with Crippen molar-refractivity contribution in [2.75, 3.05) is 12.3 Å². The maximum atomic E-state index is 11.6. The Hall–Kier alpha value is -0.870. The van der Waals surface area contributed by atoms with Gasteiger partial charge in [-0.25, -0.2) is 8.42 Å². The van der Waals surface area contributed by atoms with Gasteiger partial charge in [0, 0.05) is 6.04 Å². The zero-order valence-electron chi connectivity index (χ0n) is 10.7. The van der Waals surface area contributed by atoms with Crippen molar-refractivity contribution in [3.05, 3.63) is 29.8 Å². The first-order valence-corrected chi connectivity index (χ1v) is 7.70. The molecule has 0 spiro atoms. The molecule has 1 aromatic carbocycles. The summed E-state index contributed by atoms with van der Waals surface area (Å²) in [6.07, 6.45) is 0.917. The topological polar surface area (TPSA) is 46.2 Å². The summed E-state index contributed by atoms with van der Waals surface area (Å²) in [5, 5.41) is 3.33. The highest BCUT2D eigenvalue weighted by Crippen LogP contribution is 2.13. The fourth-order valence-corrected chi connectivity index (χ4v) is 2.66. The van der Waals surface area contributed by atoms with E-state index >= 15 is 0 Å². The number of hydrogen-bond acceptors (Lipinski definition) is 3. The molecule has 0 saturated heterocycles. The summed E-state index contributed by atoms with van der Waals surface area (Å²) in [6, 6.07) is 7.61. The van der Waals surface area contributed by atoms with Crippen LogP contribution in [0.1, 0.15) is 26.3 Å². The second kappa shape index (κ2) is 6.17. The average Bonchev–Trinajstić information content (AvgIpc) is 2.30. The third-order valence-electron chi connectivity index (χ3n) is 2.76. The summed E-state index contributed by atoms with van der Waals surface area (Å²) in [5.41, 5.74) is 1.16. The normalized spacial score (nSPS) is 13.6. The van der Waals surface area contributed by atoms with Gasteiger partial charge in [-0.05, 0) is 37.6 Å². The first-order valence-electron chi connectivity index (χ1n) is 6.04. The smallest absolute Gasteiger partial charge is 0.178 e. The molecule has 0 aliphatic heterocycles. The van der Waals surface area contributed by atoms with E-state index in [0.29, 0.717) is 10.9 Å². The molecule has 1 unspecified atom stereocenters. The molecule has 1 atom stereocenters. The lowest BCUT2D eigenvalue weighted by Gasteiger charge is -2.12. The lowest BCUT2D eigenvalue weighted by atomic mass is 10.1. The van der Waals surface area contributed by atoms with Crippen LogP contribution in [0.2, 0.25) is 0 Å². The van der Waals surface area contributed by atoms with Gasteiger partial charge in [-0.3, -0.25) is 0 Å². The number of rotatable bonds is 6. The Balaban J connectivity index is 2.75. The molecule has 96 valence electrons. The molecule has 4 heteroatoms. The van der Waals surface area contributed by atoms with Crippen LogP contribution in [0.25, 0.3) is 0 Å². The summed E-state index contributed by atoms with van der Waals surface area (Å²) in [6.45, 7) is 6.81. The Kier molecular flexibility index (Phi) is 5.15. The first kappa shape index (κ1) is 14.2. The quantitative estimate of drug-likeness (QED) is 0.846. The Morgan fingerprint density at radius 3 is 2.24 bits per heavy atom. The van der Waals surface area contributed by atoms with Crippen LogP contribution in [0.4, 0.5) is 0 Å². The summed E-state index contributed by atoms with van der Waals surface area (Å²) in [4.78, 5) is 0.417. The van der Waals surface area contributed by atoms with E-state index in [4.69, 9.17) is 0 Å². The van der Waals surface area contributed by atoms with E-state index in [9.17, 15) is 8.42 Å². The molecule has 0 amide bonds. The van der Waals surface area contributed by atoms with Gasteiger partial charge in [0.05, 0.1) is 10.6 Å². The maximum Gasteiger partial charge on any atom is 0.178 e. The largest absolute Gasteiger partial charge is 0.314 e. The van der Waals surface area contributed by atoms with Crippen molar-refractivity contribution in [2.45, 2.75) is 38.1 Å². The molecule has 17 heavy (non-hydrogen) atoms. The van der Waals surface area contributed by atoms with E-state index < -0.39 is 9.84 Å². The predicted octanol–water partition coefficient (Wildman–Crippen LogP) is 2.02. The van der Waals surface area contributed by atoms with Gasteiger partial charge in [-0.1, -0.05) is 26.0 Å². The van der Waals surface area contributed by atoms with E-state index in [-0.39, 0.29) is 5.75 Å². The van der Waals surface area contributed by atoms with Gasteiger partial charge >= 0.3 is 0 Å². The molecule has 0 radical (unpaired) electrons. The zero-order chi connectivity index (χ0) is 12.9. The van der Waals surface area contributed by atoms with Crippen LogP contribution in [0.5, 0.6) is 0 Å². The molecular weight excluding hydrogens is 234 g/mol. The molecule has 0 aliphatic rings. The van der Waals surface area contributed by atoms with Gasteiger partial charge in [0.15, 0.2) is 9.84 Å². The third kappa shape index (κ3) is 4.13. The SMILES string of the molecule is CCNC(C)Cc1ccc(S(=O)(=O)CC)cc1. The molecule has 1 aromatic rings. The molecule has 1 N–H and O–H groups in total. The Morgan fingerprint density at radius 2 is 1.76 bits per heavy atom. The fourth-order valence-electron chi connectivity index (χ4n) is 1.77. The van der Waals surface area contributed by atoms with Crippen LogP contribution >= 0.6 is 0 Å². The minimum absolute atomic E-state index is 0.153. The number of sulfone groups is 1. The molecule has 0 aliphatic carbocycles. The first-order chi connectivity index (χ1) is 7.99. The minimum atomic E-state index is -3.07. The van der Waals surface area contributed by atoms with Crippen LogP contribution < -0.4 is 5.32 Å². The van der Waals surface area contributed by atoms with Crippen molar-refractivity contribution in [3.8, 4) is 0 Å².